The molecule has 4 heteroatoms. The highest BCUT2D eigenvalue weighted by Crippen LogP contribution is 2.29. The molecule has 1 aromatic carbocycles. The molecule has 1 aromatic rings. The molecule has 0 atom stereocenters. The Morgan fingerprint density at radius 2 is 1.67 bits per heavy atom. The molecule has 0 saturated heterocycles. The molecule has 0 aliphatic heterocycles. The third kappa shape index (κ3) is 7.02. The predicted molar refractivity (Wildman–Crippen MR) is 83.2 cm³/mol. The highest BCUT2D eigenvalue weighted by atomic mass is 16.5. The van der Waals surface area contributed by atoms with E-state index in [0.29, 0.717) is 19.6 Å². The van der Waals surface area contributed by atoms with E-state index in [1.165, 1.54) is 0 Å². The van der Waals surface area contributed by atoms with Crippen molar-refractivity contribution < 1.29 is 19.4 Å². The molecule has 0 unspecified atom stereocenters. The van der Waals surface area contributed by atoms with Crippen LogP contribution >= 0.6 is 0 Å². The van der Waals surface area contributed by atoms with E-state index < -0.39 is 5.97 Å². The number of unbranched alkanes of at least 4 members (excludes halogenated alkanes) is 2. The Balaban J connectivity index is 2.72. The average molecular weight is 294 g/mol. The van der Waals surface area contributed by atoms with Gasteiger partial charge in [-0.2, -0.15) is 0 Å². The minimum Gasteiger partial charge on any atom is -0.490 e. The molecule has 0 radical (unpaired) electrons. The summed E-state index contributed by atoms with van der Waals surface area (Å²) in [6.07, 6.45) is 4.80. The fraction of sp³-hybridized carbons (Fsp3) is 0.588. The molecule has 1 N–H and O–H groups in total. The van der Waals surface area contributed by atoms with E-state index in [4.69, 9.17) is 14.6 Å². The van der Waals surface area contributed by atoms with Gasteiger partial charge in [0.25, 0.3) is 0 Å². The molecule has 0 bridgehead atoms. The van der Waals surface area contributed by atoms with E-state index in [9.17, 15) is 4.79 Å². The summed E-state index contributed by atoms with van der Waals surface area (Å²) in [5.74, 6) is 0.688. The maximum Gasteiger partial charge on any atom is 0.303 e. The number of benzene rings is 1. The number of aliphatic carboxylic acids is 1. The van der Waals surface area contributed by atoms with Gasteiger partial charge in [-0.05, 0) is 37.0 Å². The molecule has 1 rings (SSSR count). The number of carbonyl (C=O) groups is 1. The number of carboxylic acid groups (broad SMARTS) is 1. The topological polar surface area (TPSA) is 55.8 Å². The quantitative estimate of drug-likeness (QED) is 0.625. The molecule has 118 valence electrons. The van der Waals surface area contributed by atoms with Gasteiger partial charge in [0.15, 0.2) is 11.5 Å². The average Bonchev–Trinajstić information content (AvgIpc) is 2.47. The van der Waals surface area contributed by atoms with Gasteiger partial charge >= 0.3 is 5.97 Å². The van der Waals surface area contributed by atoms with Crippen molar-refractivity contribution in [2.24, 2.45) is 0 Å². The highest BCUT2D eigenvalue weighted by molar-refractivity contribution is 5.67. The monoisotopic (exact) mass is 294 g/mol. The smallest absolute Gasteiger partial charge is 0.303 e. The van der Waals surface area contributed by atoms with Crippen LogP contribution in [-0.2, 0) is 11.2 Å². The highest BCUT2D eigenvalue weighted by Gasteiger charge is 2.08. The number of aryl methyl sites for hydroxylation is 1. The van der Waals surface area contributed by atoms with Crippen LogP contribution in [0.1, 0.15) is 51.5 Å². The standard InChI is InChI=1S/C17H26O4/c1-3-5-11-20-15-9-7-14(8-10-17(18)19)13-16(15)21-12-6-4-2/h7,9,13H,3-6,8,10-12H2,1-2H3,(H,18,19). The van der Waals surface area contributed by atoms with E-state index in [1.807, 2.05) is 18.2 Å². The Morgan fingerprint density at radius 1 is 1.05 bits per heavy atom. The van der Waals surface area contributed by atoms with Crippen molar-refractivity contribution in [3.8, 4) is 11.5 Å². The van der Waals surface area contributed by atoms with Crippen molar-refractivity contribution in [1.29, 1.82) is 0 Å². The van der Waals surface area contributed by atoms with Crippen LogP contribution < -0.4 is 9.47 Å². The fourth-order valence-corrected chi connectivity index (χ4v) is 1.84. The molecule has 4 nitrogen and oxygen atoms in total. The van der Waals surface area contributed by atoms with Crippen LogP contribution in [0.25, 0.3) is 0 Å². The molecular formula is C17H26O4. The SMILES string of the molecule is CCCCOc1ccc(CCC(=O)O)cc1OCCCC. The van der Waals surface area contributed by atoms with Crippen LogP contribution in [0.3, 0.4) is 0 Å². The second kappa shape index (κ2) is 10.1. The summed E-state index contributed by atoms with van der Waals surface area (Å²) in [6, 6.07) is 5.70. The van der Waals surface area contributed by atoms with Crippen molar-refractivity contribution in [3.63, 3.8) is 0 Å². The van der Waals surface area contributed by atoms with Crippen LogP contribution in [0.4, 0.5) is 0 Å². The first-order chi connectivity index (χ1) is 10.2. The van der Waals surface area contributed by atoms with E-state index in [-0.39, 0.29) is 6.42 Å². The van der Waals surface area contributed by atoms with Crippen LogP contribution in [0.15, 0.2) is 18.2 Å². The first-order valence-corrected chi connectivity index (χ1v) is 7.77. The summed E-state index contributed by atoms with van der Waals surface area (Å²) in [5.41, 5.74) is 0.965. The third-order valence-electron chi connectivity index (χ3n) is 3.15. The maximum absolute atomic E-state index is 10.7. The van der Waals surface area contributed by atoms with E-state index in [2.05, 4.69) is 13.8 Å². The number of hydrogen-bond donors (Lipinski definition) is 1. The Hall–Kier alpha value is -1.71. The van der Waals surface area contributed by atoms with Gasteiger partial charge in [-0.25, -0.2) is 0 Å². The van der Waals surface area contributed by atoms with Crippen molar-refractivity contribution in [2.45, 2.75) is 52.4 Å². The maximum atomic E-state index is 10.7. The lowest BCUT2D eigenvalue weighted by Gasteiger charge is -2.14. The van der Waals surface area contributed by atoms with Crippen molar-refractivity contribution >= 4 is 5.97 Å². The lowest BCUT2D eigenvalue weighted by molar-refractivity contribution is -0.136. The van der Waals surface area contributed by atoms with Gasteiger partial charge in [0.05, 0.1) is 13.2 Å². The second-order valence-corrected chi connectivity index (χ2v) is 5.08. The molecule has 0 aromatic heterocycles. The first kappa shape index (κ1) is 17.3. The molecule has 0 amide bonds. The zero-order valence-corrected chi connectivity index (χ0v) is 13.1. The predicted octanol–water partition coefficient (Wildman–Crippen LogP) is 4.06. The van der Waals surface area contributed by atoms with Crippen LogP contribution in [0.5, 0.6) is 11.5 Å². The van der Waals surface area contributed by atoms with E-state index in [1.54, 1.807) is 0 Å². The van der Waals surface area contributed by atoms with Gasteiger partial charge in [0.1, 0.15) is 0 Å². The summed E-state index contributed by atoms with van der Waals surface area (Å²) in [6.45, 7) is 5.57. The number of hydrogen-bond acceptors (Lipinski definition) is 3. The van der Waals surface area contributed by atoms with Crippen LogP contribution in [0, 0.1) is 0 Å². The zero-order chi connectivity index (χ0) is 15.5. The molecule has 21 heavy (non-hydrogen) atoms. The van der Waals surface area contributed by atoms with Crippen molar-refractivity contribution in [1.82, 2.24) is 0 Å². The van der Waals surface area contributed by atoms with Gasteiger partial charge in [-0.1, -0.05) is 32.8 Å². The molecule has 0 spiro atoms. The number of rotatable bonds is 11. The second-order valence-electron chi connectivity index (χ2n) is 5.08. The first-order valence-electron chi connectivity index (χ1n) is 7.77. The molecule has 0 fully saturated rings. The normalized spacial score (nSPS) is 10.4. The Bertz CT molecular complexity index is 429. The van der Waals surface area contributed by atoms with Gasteiger partial charge in [-0.3, -0.25) is 4.79 Å². The van der Waals surface area contributed by atoms with Crippen LogP contribution in [0.2, 0.25) is 0 Å². The Kier molecular flexibility index (Phi) is 8.32. The van der Waals surface area contributed by atoms with Crippen molar-refractivity contribution in [3.05, 3.63) is 23.8 Å². The number of ether oxygens (including phenoxy) is 2. The lowest BCUT2D eigenvalue weighted by Crippen LogP contribution is -2.03. The third-order valence-corrected chi connectivity index (χ3v) is 3.15. The van der Waals surface area contributed by atoms with E-state index in [0.717, 1.165) is 42.7 Å². The summed E-state index contributed by atoms with van der Waals surface area (Å²) >= 11 is 0. The molecule has 0 aliphatic carbocycles. The summed E-state index contributed by atoms with van der Waals surface area (Å²) in [5, 5.41) is 8.76. The van der Waals surface area contributed by atoms with Gasteiger partial charge in [0.2, 0.25) is 0 Å². The zero-order valence-electron chi connectivity index (χ0n) is 13.1. The van der Waals surface area contributed by atoms with Gasteiger partial charge in [0, 0.05) is 6.42 Å². The molecule has 0 heterocycles. The summed E-state index contributed by atoms with van der Waals surface area (Å²) < 4.78 is 11.5. The molecule has 0 aliphatic rings. The van der Waals surface area contributed by atoms with Gasteiger partial charge in [-0.15, -0.1) is 0 Å². The minimum absolute atomic E-state index is 0.129. The Labute approximate surface area is 127 Å². The van der Waals surface area contributed by atoms with Crippen LogP contribution in [-0.4, -0.2) is 24.3 Å². The Morgan fingerprint density at radius 3 is 2.24 bits per heavy atom. The largest absolute Gasteiger partial charge is 0.490 e. The van der Waals surface area contributed by atoms with Crippen molar-refractivity contribution in [2.75, 3.05) is 13.2 Å². The lowest BCUT2D eigenvalue weighted by atomic mass is 10.1. The summed E-state index contributed by atoms with van der Waals surface area (Å²) in [7, 11) is 0. The molecular weight excluding hydrogens is 268 g/mol. The fourth-order valence-electron chi connectivity index (χ4n) is 1.84. The van der Waals surface area contributed by atoms with Gasteiger partial charge < -0.3 is 14.6 Å². The molecule has 0 saturated carbocycles. The minimum atomic E-state index is -0.785. The van der Waals surface area contributed by atoms with E-state index >= 15 is 0 Å². The summed E-state index contributed by atoms with van der Waals surface area (Å²) in [4.78, 5) is 10.7. The number of carboxylic acids is 1.